The summed E-state index contributed by atoms with van der Waals surface area (Å²) in [5, 5.41) is 0. The molecule has 5 aromatic rings. The van der Waals surface area contributed by atoms with E-state index in [-0.39, 0.29) is 28.8 Å². The molecule has 1 aromatic heterocycles. The van der Waals surface area contributed by atoms with Crippen LogP contribution in [-0.4, -0.2) is 16.6 Å². The van der Waals surface area contributed by atoms with Crippen LogP contribution in [0, 0.1) is 40.7 Å². The van der Waals surface area contributed by atoms with Gasteiger partial charge < -0.3 is 9.47 Å². The van der Waals surface area contributed by atoms with Crippen molar-refractivity contribution in [2.45, 2.75) is 51.2 Å². The number of unbranched alkanes of at least 4 members (excludes halogenated alkanes) is 2. The van der Waals surface area contributed by atoms with Crippen molar-refractivity contribution in [2.75, 3.05) is 6.61 Å². The zero-order chi connectivity index (χ0) is 37.8. The minimum atomic E-state index is -4.89. The van der Waals surface area contributed by atoms with Crippen LogP contribution in [-0.2, 0) is 29.8 Å². The van der Waals surface area contributed by atoms with Gasteiger partial charge in [0.2, 0.25) is 0 Å². The number of halogens is 11. The van der Waals surface area contributed by atoms with Crippen LogP contribution in [0.3, 0.4) is 0 Å². The molecule has 5 rings (SSSR count). The summed E-state index contributed by atoms with van der Waals surface area (Å²) in [6.07, 6.45) is -2.90. The third kappa shape index (κ3) is 8.69. The third-order valence-electron chi connectivity index (χ3n) is 7.85. The van der Waals surface area contributed by atoms with E-state index in [1.807, 2.05) is 0 Å². The highest BCUT2D eigenvalue weighted by molar-refractivity contribution is 5.68. The van der Waals surface area contributed by atoms with Crippen LogP contribution in [0.15, 0.2) is 73.1 Å². The Kier molecular flexibility index (Phi) is 11.5. The first-order valence-electron chi connectivity index (χ1n) is 15.7. The Morgan fingerprint density at radius 3 is 1.63 bits per heavy atom. The largest absolute Gasteiger partial charge is 0.432 e. The van der Waals surface area contributed by atoms with Crippen LogP contribution in [0.1, 0.15) is 48.4 Å². The Hall–Kier alpha value is -5.05. The van der Waals surface area contributed by atoms with Crippen molar-refractivity contribution >= 4 is 0 Å². The summed E-state index contributed by atoms with van der Waals surface area (Å²) in [6.45, 7) is 1.02. The average molecular weight is 741 g/mol. The monoisotopic (exact) mass is 740 g/mol. The minimum Gasteiger partial charge on any atom is -0.429 e. The van der Waals surface area contributed by atoms with Crippen molar-refractivity contribution in [3.8, 4) is 28.3 Å². The summed E-state index contributed by atoms with van der Waals surface area (Å²) in [4.78, 5) is 8.68. The van der Waals surface area contributed by atoms with Crippen LogP contribution >= 0.6 is 0 Å². The molecule has 0 fully saturated rings. The molecule has 0 amide bonds. The van der Waals surface area contributed by atoms with E-state index in [1.54, 1.807) is 24.5 Å². The fourth-order valence-electron chi connectivity index (χ4n) is 5.25. The van der Waals surface area contributed by atoms with Crippen LogP contribution in [0.4, 0.5) is 48.3 Å². The molecule has 52 heavy (non-hydrogen) atoms. The van der Waals surface area contributed by atoms with Crippen molar-refractivity contribution in [1.82, 2.24) is 9.97 Å². The standard InChI is InChI=1S/C37H27F11N2O2/c1-2-3-4-5-21-18-49-35(50-19-21)23-8-6-22(7-9-23)24-14-26(38)33(27(39)15-24)37(47,48)52-25-16-28(40)32(29(41)17-25)36(45,46)51-11-10-20-12-30(42)34(44)31(43)13-20/h6-9,12-19H,2-5,10-11H2,1H3. The molecule has 0 unspecified atom stereocenters. The zero-order valence-electron chi connectivity index (χ0n) is 27.0. The smallest absolute Gasteiger partial charge is 0.429 e. The Balaban J connectivity index is 1.28. The van der Waals surface area contributed by atoms with E-state index in [0.717, 1.165) is 31.2 Å². The molecule has 1 heterocycles. The van der Waals surface area contributed by atoms with Gasteiger partial charge in [-0.2, -0.15) is 17.6 Å². The van der Waals surface area contributed by atoms with Gasteiger partial charge in [0.15, 0.2) is 23.3 Å². The Bertz CT molecular complexity index is 1970. The summed E-state index contributed by atoms with van der Waals surface area (Å²) in [6, 6.07) is 8.07. The quantitative estimate of drug-likeness (QED) is 0.0646. The van der Waals surface area contributed by atoms with Gasteiger partial charge in [0.05, 0.1) is 6.61 Å². The van der Waals surface area contributed by atoms with Crippen LogP contribution in [0.5, 0.6) is 5.75 Å². The van der Waals surface area contributed by atoms with Crippen molar-refractivity contribution < 1.29 is 57.8 Å². The molecule has 274 valence electrons. The fourth-order valence-corrected chi connectivity index (χ4v) is 5.25. The van der Waals surface area contributed by atoms with Crippen molar-refractivity contribution in [1.29, 1.82) is 0 Å². The van der Waals surface area contributed by atoms with Crippen molar-refractivity contribution in [3.05, 3.63) is 136 Å². The summed E-state index contributed by atoms with van der Waals surface area (Å²) in [5.74, 6) is -13.9. The molecule has 15 heteroatoms. The van der Waals surface area contributed by atoms with E-state index in [9.17, 15) is 30.7 Å². The topological polar surface area (TPSA) is 44.2 Å². The van der Waals surface area contributed by atoms with E-state index in [4.69, 9.17) is 0 Å². The second-order valence-electron chi connectivity index (χ2n) is 11.6. The van der Waals surface area contributed by atoms with Gasteiger partial charge in [-0.05, 0) is 65.8 Å². The van der Waals surface area contributed by atoms with Crippen LogP contribution < -0.4 is 4.74 Å². The van der Waals surface area contributed by atoms with E-state index < -0.39 is 82.8 Å². The molecule has 0 spiro atoms. The summed E-state index contributed by atoms with van der Waals surface area (Å²) in [7, 11) is 0. The zero-order valence-corrected chi connectivity index (χ0v) is 27.0. The number of aromatic nitrogens is 2. The van der Waals surface area contributed by atoms with Crippen molar-refractivity contribution in [3.63, 3.8) is 0 Å². The Labute approximate surface area is 289 Å². The van der Waals surface area contributed by atoms with Gasteiger partial charge in [0.1, 0.15) is 40.1 Å². The average Bonchev–Trinajstić information content (AvgIpc) is 3.06. The van der Waals surface area contributed by atoms with Gasteiger partial charge in [-0.15, -0.1) is 0 Å². The van der Waals surface area contributed by atoms with E-state index in [2.05, 4.69) is 26.4 Å². The molecule has 4 nitrogen and oxygen atoms in total. The van der Waals surface area contributed by atoms with E-state index in [1.165, 1.54) is 12.1 Å². The summed E-state index contributed by atoms with van der Waals surface area (Å²) in [5.41, 5.74) is -2.66. The number of hydrogen-bond donors (Lipinski definition) is 0. The maximum Gasteiger partial charge on any atom is 0.432 e. The summed E-state index contributed by atoms with van der Waals surface area (Å²) < 4.78 is 167. The number of benzene rings is 4. The van der Waals surface area contributed by atoms with Gasteiger partial charge in [0, 0.05) is 30.1 Å². The number of hydrogen-bond acceptors (Lipinski definition) is 4. The second-order valence-corrected chi connectivity index (χ2v) is 11.6. The van der Waals surface area contributed by atoms with Gasteiger partial charge in [-0.25, -0.2) is 40.7 Å². The van der Waals surface area contributed by atoms with Gasteiger partial charge in [0.25, 0.3) is 0 Å². The lowest BCUT2D eigenvalue weighted by Crippen LogP contribution is -2.26. The van der Waals surface area contributed by atoms with Crippen LogP contribution in [0.25, 0.3) is 22.5 Å². The molecule has 0 saturated heterocycles. The maximum absolute atomic E-state index is 15.1. The number of nitrogens with zero attached hydrogens (tertiary/aromatic N) is 2. The van der Waals surface area contributed by atoms with Gasteiger partial charge in [-0.3, -0.25) is 0 Å². The molecule has 0 aliphatic heterocycles. The van der Waals surface area contributed by atoms with Gasteiger partial charge in [-0.1, -0.05) is 44.0 Å². The predicted octanol–water partition coefficient (Wildman–Crippen LogP) is 11.0. The molecule has 0 bridgehead atoms. The highest BCUT2D eigenvalue weighted by Crippen LogP contribution is 2.40. The molecular weight excluding hydrogens is 713 g/mol. The highest BCUT2D eigenvalue weighted by atomic mass is 19.3. The number of aryl methyl sites for hydroxylation is 1. The highest BCUT2D eigenvalue weighted by Gasteiger charge is 2.43. The lowest BCUT2D eigenvalue weighted by Gasteiger charge is -2.22. The third-order valence-corrected chi connectivity index (χ3v) is 7.85. The number of alkyl halides is 4. The molecule has 0 atom stereocenters. The lowest BCUT2D eigenvalue weighted by atomic mass is 10.0. The predicted molar refractivity (Wildman–Crippen MR) is 167 cm³/mol. The normalized spacial score (nSPS) is 12.0. The Morgan fingerprint density at radius 2 is 1.08 bits per heavy atom. The first-order valence-corrected chi connectivity index (χ1v) is 15.7. The second kappa shape index (κ2) is 15.7. The minimum absolute atomic E-state index is 0.0796. The molecule has 0 radical (unpaired) electrons. The first kappa shape index (κ1) is 38.2. The number of rotatable bonds is 14. The number of ether oxygens (including phenoxy) is 2. The van der Waals surface area contributed by atoms with E-state index in [0.29, 0.717) is 35.7 Å². The fraction of sp³-hybridized carbons (Fsp3) is 0.243. The lowest BCUT2D eigenvalue weighted by molar-refractivity contribution is -0.251. The van der Waals surface area contributed by atoms with E-state index >= 15 is 17.6 Å². The Morgan fingerprint density at radius 1 is 0.558 bits per heavy atom. The molecule has 0 saturated carbocycles. The SMILES string of the molecule is CCCCCc1cnc(-c2ccc(-c3cc(F)c(C(F)(F)Oc4cc(F)c(C(F)(F)OCCc5cc(F)c(F)c(F)c5)c(F)c4)c(F)c3)cc2)nc1. The first-order chi connectivity index (χ1) is 24.6. The molecule has 4 aromatic carbocycles. The molecule has 0 aliphatic rings. The summed E-state index contributed by atoms with van der Waals surface area (Å²) >= 11 is 0. The van der Waals surface area contributed by atoms with Gasteiger partial charge >= 0.3 is 12.2 Å². The molecule has 0 aliphatic carbocycles. The van der Waals surface area contributed by atoms with Crippen molar-refractivity contribution in [2.24, 2.45) is 0 Å². The van der Waals surface area contributed by atoms with Crippen LogP contribution in [0.2, 0.25) is 0 Å². The molecular formula is C37H27F11N2O2. The maximum atomic E-state index is 15.1. The molecule has 0 N–H and O–H groups in total.